The second-order valence-electron chi connectivity index (χ2n) is 9.68. The molecular weight excluding hydrogens is 537 g/mol. The Bertz CT molecular complexity index is 1050. The number of likely N-dealkylation sites (tertiary alicyclic amines) is 2. The zero-order valence-corrected chi connectivity index (χ0v) is 22.8. The first-order valence-corrected chi connectivity index (χ1v) is 12.4. The summed E-state index contributed by atoms with van der Waals surface area (Å²) in [5.74, 6) is -2.06. The number of alkyl halides is 3. The lowest BCUT2D eigenvalue weighted by Gasteiger charge is -2.17. The van der Waals surface area contributed by atoms with Gasteiger partial charge in [0.1, 0.15) is 12.6 Å². The summed E-state index contributed by atoms with van der Waals surface area (Å²) in [7, 11) is 1.13. The van der Waals surface area contributed by atoms with E-state index in [9.17, 15) is 37.5 Å². The summed E-state index contributed by atoms with van der Waals surface area (Å²) in [4.78, 5) is 51.0. The smallest absolute Gasteiger partial charge is 0.407 e. The van der Waals surface area contributed by atoms with Crippen molar-refractivity contribution in [1.82, 2.24) is 20.1 Å². The van der Waals surface area contributed by atoms with Crippen LogP contribution in [0.1, 0.15) is 33.6 Å². The summed E-state index contributed by atoms with van der Waals surface area (Å²) >= 11 is 0. The van der Waals surface area contributed by atoms with Crippen LogP contribution in [0.25, 0.3) is 0 Å². The number of hydrogen-bond acceptors (Lipinski definition) is 8. The molecule has 2 aliphatic rings. The molecule has 0 radical (unpaired) electrons. The second kappa shape index (κ2) is 16.1. The Morgan fingerprint density at radius 1 is 1.30 bits per heavy atom. The first kappa shape index (κ1) is 33.9. The van der Waals surface area contributed by atoms with E-state index in [0.29, 0.717) is 6.41 Å². The van der Waals surface area contributed by atoms with Crippen molar-refractivity contribution in [3.63, 3.8) is 0 Å². The molecule has 2 fully saturated rings. The van der Waals surface area contributed by atoms with E-state index in [-0.39, 0.29) is 56.5 Å². The summed E-state index contributed by atoms with van der Waals surface area (Å²) < 4.78 is 41.3. The van der Waals surface area contributed by atoms with Crippen molar-refractivity contribution in [2.45, 2.75) is 45.8 Å². The number of aromatic nitrogens is 1. The van der Waals surface area contributed by atoms with Crippen LogP contribution in [0.5, 0.6) is 5.75 Å². The molecule has 0 bridgehead atoms. The number of amides is 4. The number of nitrogens with zero attached hydrogens (tertiary/aromatic N) is 4. The summed E-state index contributed by atoms with van der Waals surface area (Å²) in [6.45, 7) is 6.06. The zero-order chi connectivity index (χ0) is 30.5. The molecule has 3 rings (SSSR count). The standard InChI is InChI=1S/C12H12N4O3.C9H13F3N2O3.C4H10/c13-5-9-4-8(6-16(9)7-17)12(19)15-11-10(18)2-1-3-14-11;1-17-8(16)13-4-7(15)14-3-2-6(5-14)9(10,11)12;1-4(2)3/h1-3,7-9,18H,4,6H2,(H,14,15,19);6H,2-5H2,1H3,(H,13,16);4H,1-3H3. The minimum absolute atomic E-state index is 0.0614. The van der Waals surface area contributed by atoms with Crippen molar-refractivity contribution in [2.24, 2.45) is 17.8 Å². The van der Waals surface area contributed by atoms with E-state index in [1.54, 1.807) is 6.07 Å². The van der Waals surface area contributed by atoms with Crippen LogP contribution >= 0.6 is 0 Å². The van der Waals surface area contributed by atoms with E-state index in [1.807, 2.05) is 6.07 Å². The molecule has 4 amide bonds. The average Bonchev–Trinajstić information content (AvgIpc) is 3.56. The third-order valence-corrected chi connectivity index (χ3v) is 5.60. The van der Waals surface area contributed by atoms with Gasteiger partial charge in [0.05, 0.1) is 25.0 Å². The number of carbonyl (C=O) groups is 4. The molecule has 0 aliphatic carbocycles. The van der Waals surface area contributed by atoms with Crippen LogP contribution < -0.4 is 10.6 Å². The topological polar surface area (TPSA) is 165 Å². The minimum Gasteiger partial charge on any atom is -0.504 e. The predicted molar refractivity (Wildman–Crippen MR) is 136 cm³/mol. The van der Waals surface area contributed by atoms with Gasteiger partial charge in [0.25, 0.3) is 0 Å². The number of anilines is 1. The fourth-order valence-electron chi connectivity index (χ4n) is 3.59. The molecular formula is C25H35F3N6O6. The summed E-state index contributed by atoms with van der Waals surface area (Å²) in [6.07, 6.45) is -2.85. The Hall–Kier alpha value is -4.09. The summed E-state index contributed by atoms with van der Waals surface area (Å²) in [5.41, 5.74) is 0. The maximum absolute atomic E-state index is 12.3. The van der Waals surface area contributed by atoms with Gasteiger partial charge in [-0.1, -0.05) is 20.8 Å². The molecule has 222 valence electrons. The molecule has 15 heteroatoms. The number of alkyl carbamates (subject to hydrolysis) is 1. The van der Waals surface area contributed by atoms with Gasteiger partial charge in [0, 0.05) is 25.8 Å². The van der Waals surface area contributed by atoms with Crippen LogP contribution in [0.15, 0.2) is 18.3 Å². The second-order valence-corrected chi connectivity index (χ2v) is 9.68. The van der Waals surface area contributed by atoms with Gasteiger partial charge < -0.3 is 30.3 Å². The maximum atomic E-state index is 12.3. The first-order valence-electron chi connectivity index (χ1n) is 12.4. The van der Waals surface area contributed by atoms with Crippen molar-refractivity contribution in [3.8, 4) is 11.8 Å². The van der Waals surface area contributed by atoms with Gasteiger partial charge in [-0.15, -0.1) is 0 Å². The molecule has 0 saturated carbocycles. The lowest BCUT2D eigenvalue weighted by molar-refractivity contribution is -0.171. The molecule has 40 heavy (non-hydrogen) atoms. The lowest BCUT2D eigenvalue weighted by Crippen LogP contribution is -2.39. The van der Waals surface area contributed by atoms with Crippen LogP contribution in [-0.4, -0.2) is 89.7 Å². The van der Waals surface area contributed by atoms with Crippen molar-refractivity contribution in [3.05, 3.63) is 18.3 Å². The van der Waals surface area contributed by atoms with E-state index in [0.717, 1.165) is 17.9 Å². The van der Waals surface area contributed by atoms with Crippen LogP contribution in [0.2, 0.25) is 0 Å². The molecule has 2 saturated heterocycles. The molecule has 3 unspecified atom stereocenters. The number of aromatic hydroxyl groups is 1. The molecule has 3 atom stereocenters. The maximum Gasteiger partial charge on any atom is 0.407 e. The number of halogens is 3. The summed E-state index contributed by atoms with van der Waals surface area (Å²) in [5, 5.41) is 23.0. The molecule has 3 N–H and O–H groups in total. The van der Waals surface area contributed by atoms with Crippen LogP contribution in [0.4, 0.5) is 23.8 Å². The number of nitriles is 1. The highest BCUT2D eigenvalue weighted by Gasteiger charge is 2.44. The largest absolute Gasteiger partial charge is 0.504 e. The Balaban J connectivity index is 0.000000355. The van der Waals surface area contributed by atoms with Crippen LogP contribution in [-0.2, 0) is 19.1 Å². The van der Waals surface area contributed by atoms with Gasteiger partial charge in [-0.3, -0.25) is 14.4 Å². The van der Waals surface area contributed by atoms with Crippen LogP contribution in [0, 0.1) is 29.1 Å². The molecule has 12 nitrogen and oxygen atoms in total. The number of methoxy groups -OCH3 is 1. The Morgan fingerprint density at radius 2 is 1.95 bits per heavy atom. The fourth-order valence-corrected chi connectivity index (χ4v) is 3.59. The number of carbonyl (C=O) groups excluding carboxylic acids is 4. The van der Waals surface area contributed by atoms with Crippen molar-refractivity contribution < 1.29 is 42.2 Å². The number of rotatable bonds is 5. The number of pyridine rings is 1. The van der Waals surface area contributed by atoms with E-state index in [1.165, 1.54) is 17.2 Å². The van der Waals surface area contributed by atoms with Crippen molar-refractivity contribution in [2.75, 3.05) is 38.6 Å². The van der Waals surface area contributed by atoms with Gasteiger partial charge in [-0.05, 0) is 30.9 Å². The van der Waals surface area contributed by atoms with Gasteiger partial charge in [-0.2, -0.15) is 18.4 Å². The molecule has 0 spiro atoms. The highest BCUT2D eigenvalue weighted by Crippen LogP contribution is 2.33. The van der Waals surface area contributed by atoms with Crippen molar-refractivity contribution in [1.29, 1.82) is 5.26 Å². The highest BCUT2D eigenvalue weighted by molar-refractivity contribution is 5.93. The first-order chi connectivity index (χ1) is 18.7. The van der Waals surface area contributed by atoms with Crippen LogP contribution in [0.3, 0.4) is 0 Å². The molecule has 1 aromatic heterocycles. The monoisotopic (exact) mass is 572 g/mol. The van der Waals surface area contributed by atoms with Gasteiger partial charge in [-0.25, -0.2) is 9.78 Å². The Morgan fingerprint density at radius 3 is 2.42 bits per heavy atom. The number of nitrogens with one attached hydrogen (secondary N) is 2. The molecule has 1 aromatic rings. The van der Waals surface area contributed by atoms with E-state index < -0.39 is 36.1 Å². The highest BCUT2D eigenvalue weighted by atomic mass is 19.4. The van der Waals surface area contributed by atoms with Gasteiger partial charge >= 0.3 is 12.3 Å². The summed E-state index contributed by atoms with van der Waals surface area (Å²) in [6, 6.07) is 4.35. The number of ether oxygens (including phenoxy) is 1. The Kier molecular flexibility index (Phi) is 13.7. The van der Waals surface area contributed by atoms with E-state index in [2.05, 4.69) is 41.1 Å². The van der Waals surface area contributed by atoms with Gasteiger partial charge in [0.15, 0.2) is 11.6 Å². The minimum atomic E-state index is -4.27. The van der Waals surface area contributed by atoms with Gasteiger partial charge in [0.2, 0.25) is 18.2 Å². The molecule has 2 aliphatic heterocycles. The normalized spacial score (nSPS) is 19.8. The van der Waals surface area contributed by atoms with E-state index in [4.69, 9.17) is 5.26 Å². The van der Waals surface area contributed by atoms with Crippen molar-refractivity contribution >= 4 is 30.1 Å². The van der Waals surface area contributed by atoms with E-state index >= 15 is 0 Å². The molecule has 3 heterocycles. The molecule has 0 aromatic carbocycles. The zero-order valence-electron chi connectivity index (χ0n) is 22.8. The SMILES string of the molecule is CC(C)C.COC(=O)NCC(=O)N1CCC(C(F)(F)F)C1.N#CC1CC(C(=O)Nc2ncccc2O)CN1C=O. The third kappa shape index (κ3) is 11.3. The average molecular weight is 573 g/mol. The number of hydrogen-bond donors (Lipinski definition) is 3. The quantitative estimate of drug-likeness (QED) is 0.453. The predicted octanol–water partition coefficient (Wildman–Crippen LogP) is 2.51. The Labute approximate surface area is 230 Å². The third-order valence-electron chi connectivity index (χ3n) is 5.60. The lowest BCUT2D eigenvalue weighted by atomic mass is 10.1. The fraction of sp³-hybridized carbons (Fsp3) is 0.600.